The number of rotatable bonds is 9. The Balaban J connectivity index is 2.20. The summed E-state index contributed by atoms with van der Waals surface area (Å²) in [4.78, 5) is 0. The van der Waals surface area contributed by atoms with E-state index < -0.39 is 0 Å². The van der Waals surface area contributed by atoms with Crippen molar-refractivity contribution in [3.63, 3.8) is 0 Å². The van der Waals surface area contributed by atoms with Gasteiger partial charge in [0.25, 0.3) is 0 Å². The van der Waals surface area contributed by atoms with Gasteiger partial charge in [-0.3, -0.25) is 0 Å². The van der Waals surface area contributed by atoms with E-state index in [9.17, 15) is 0 Å². The van der Waals surface area contributed by atoms with Gasteiger partial charge in [-0.05, 0) is 44.9 Å². The fourth-order valence-electron chi connectivity index (χ4n) is 2.56. The SMILES string of the molecule is CCC=CCC(C)=C(C)CC(C)CCCC1CC1. The summed E-state index contributed by atoms with van der Waals surface area (Å²) in [6, 6.07) is 0. The molecule has 0 nitrogen and oxygen atoms in total. The number of allylic oxidation sites excluding steroid dienone is 4. The molecular weight excluding hydrogens is 216 g/mol. The van der Waals surface area contributed by atoms with Crippen LogP contribution in [-0.4, -0.2) is 0 Å². The van der Waals surface area contributed by atoms with Crippen LogP contribution in [0.5, 0.6) is 0 Å². The Morgan fingerprint density at radius 2 is 1.89 bits per heavy atom. The summed E-state index contributed by atoms with van der Waals surface area (Å²) in [5.41, 5.74) is 3.20. The van der Waals surface area contributed by atoms with Crippen molar-refractivity contribution in [2.24, 2.45) is 11.8 Å². The normalized spacial score (nSPS) is 19.1. The molecule has 0 bridgehead atoms. The molecule has 0 heterocycles. The van der Waals surface area contributed by atoms with Crippen LogP contribution in [-0.2, 0) is 0 Å². The summed E-state index contributed by atoms with van der Waals surface area (Å²) < 4.78 is 0. The largest absolute Gasteiger partial charge is 0.0885 e. The van der Waals surface area contributed by atoms with Gasteiger partial charge in [0.05, 0.1) is 0 Å². The average molecular weight is 248 g/mol. The maximum absolute atomic E-state index is 2.42. The summed E-state index contributed by atoms with van der Waals surface area (Å²) in [5.74, 6) is 1.98. The monoisotopic (exact) mass is 248 g/mol. The van der Waals surface area contributed by atoms with Crippen LogP contribution in [0.25, 0.3) is 0 Å². The lowest BCUT2D eigenvalue weighted by Crippen LogP contribution is -1.97. The van der Waals surface area contributed by atoms with Gasteiger partial charge in [0.2, 0.25) is 0 Å². The van der Waals surface area contributed by atoms with Crippen LogP contribution in [0, 0.1) is 11.8 Å². The minimum atomic E-state index is 0.869. The van der Waals surface area contributed by atoms with Crippen LogP contribution in [0.3, 0.4) is 0 Å². The highest BCUT2D eigenvalue weighted by Gasteiger charge is 2.20. The van der Waals surface area contributed by atoms with Crippen molar-refractivity contribution in [3.05, 3.63) is 23.3 Å². The molecule has 0 amide bonds. The topological polar surface area (TPSA) is 0 Å². The van der Waals surface area contributed by atoms with Crippen LogP contribution >= 0.6 is 0 Å². The van der Waals surface area contributed by atoms with Gasteiger partial charge in [-0.2, -0.15) is 0 Å². The first-order chi connectivity index (χ1) is 8.63. The second-order valence-corrected chi connectivity index (χ2v) is 6.33. The van der Waals surface area contributed by atoms with Gasteiger partial charge in [0, 0.05) is 0 Å². The predicted octanol–water partition coefficient (Wildman–Crippen LogP) is 6.29. The molecule has 1 atom stereocenters. The quantitative estimate of drug-likeness (QED) is 0.421. The number of hydrogen-bond donors (Lipinski definition) is 0. The van der Waals surface area contributed by atoms with Crippen molar-refractivity contribution in [2.75, 3.05) is 0 Å². The molecule has 0 heteroatoms. The molecule has 0 saturated heterocycles. The summed E-state index contributed by atoms with van der Waals surface area (Å²) in [6.45, 7) is 9.24. The van der Waals surface area contributed by atoms with Crippen LogP contribution in [0.15, 0.2) is 23.3 Å². The second kappa shape index (κ2) is 8.56. The molecule has 0 aliphatic heterocycles. The highest BCUT2D eigenvalue weighted by Crippen LogP contribution is 2.34. The standard InChI is InChI=1S/C18H32/c1-5-6-7-10-16(3)17(4)14-15(2)9-8-11-18-12-13-18/h6-7,15,18H,5,8-14H2,1-4H3. The van der Waals surface area contributed by atoms with E-state index in [0.29, 0.717) is 0 Å². The molecule has 1 aliphatic rings. The van der Waals surface area contributed by atoms with Crippen molar-refractivity contribution in [1.82, 2.24) is 0 Å². The summed E-state index contributed by atoms with van der Waals surface area (Å²) in [7, 11) is 0. The van der Waals surface area contributed by atoms with Crippen molar-refractivity contribution in [3.8, 4) is 0 Å². The van der Waals surface area contributed by atoms with Crippen LogP contribution in [0.4, 0.5) is 0 Å². The van der Waals surface area contributed by atoms with Gasteiger partial charge >= 0.3 is 0 Å². The van der Waals surface area contributed by atoms with Crippen molar-refractivity contribution < 1.29 is 0 Å². The van der Waals surface area contributed by atoms with E-state index in [-0.39, 0.29) is 0 Å². The van der Waals surface area contributed by atoms with E-state index in [1.807, 2.05) is 0 Å². The molecule has 1 aliphatic carbocycles. The Morgan fingerprint density at radius 1 is 1.17 bits per heavy atom. The van der Waals surface area contributed by atoms with Crippen LogP contribution in [0.1, 0.15) is 79.1 Å². The molecular formula is C18H32. The Kier molecular flexibility index (Phi) is 7.39. The molecule has 104 valence electrons. The maximum Gasteiger partial charge on any atom is -0.0139 e. The Bertz CT molecular complexity index is 278. The fraction of sp³-hybridized carbons (Fsp3) is 0.778. The smallest absolute Gasteiger partial charge is 0.0139 e. The Morgan fingerprint density at radius 3 is 2.50 bits per heavy atom. The summed E-state index contributed by atoms with van der Waals surface area (Å²) in [5, 5.41) is 0. The molecule has 1 rings (SSSR count). The molecule has 0 aromatic heterocycles. The first kappa shape index (κ1) is 15.5. The highest BCUT2D eigenvalue weighted by molar-refractivity contribution is 5.13. The molecule has 0 aromatic carbocycles. The van der Waals surface area contributed by atoms with Gasteiger partial charge in [-0.1, -0.05) is 69.2 Å². The second-order valence-electron chi connectivity index (χ2n) is 6.33. The maximum atomic E-state index is 2.42. The zero-order valence-corrected chi connectivity index (χ0v) is 13.0. The lowest BCUT2D eigenvalue weighted by atomic mass is 9.93. The van der Waals surface area contributed by atoms with E-state index in [1.165, 1.54) is 38.5 Å². The van der Waals surface area contributed by atoms with Crippen molar-refractivity contribution >= 4 is 0 Å². The predicted molar refractivity (Wildman–Crippen MR) is 82.8 cm³/mol. The minimum absolute atomic E-state index is 0.869. The van der Waals surface area contributed by atoms with Crippen LogP contribution in [0.2, 0.25) is 0 Å². The molecule has 0 aromatic rings. The zero-order valence-electron chi connectivity index (χ0n) is 13.0. The third-order valence-corrected chi connectivity index (χ3v) is 4.22. The number of hydrogen-bond acceptors (Lipinski definition) is 0. The third-order valence-electron chi connectivity index (χ3n) is 4.22. The van der Waals surface area contributed by atoms with E-state index >= 15 is 0 Å². The fourth-order valence-corrected chi connectivity index (χ4v) is 2.56. The van der Waals surface area contributed by atoms with E-state index in [0.717, 1.165) is 24.7 Å². The van der Waals surface area contributed by atoms with E-state index in [4.69, 9.17) is 0 Å². The molecule has 0 radical (unpaired) electrons. The molecule has 0 spiro atoms. The van der Waals surface area contributed by atoms with Crippen LogP contribution < -0.4 is 0 Å². The molecule has 18 heavy (non-hydrogen) atoms. The van der Waals surface area contributed by atoms with Gasteiger partial charge in [0.1, 0.15) is 0 Å². The van der Waals surface area contributed by atoms with Gasteiger partial charge < -0.3 is 0 Å². The Labute approximate surface area is 115 Å². The Hall–Kier alpha value is -0.520. The zero-order chi connectivity index (χ0) is 13.4. The summed E-state index contributed by atoms with van der Waals surface area (Å²) in [6.07, 6.45) is 15.6. The van der Waals surface area contributed by atoms with E-state index in [2.05, 4.69) is 39.8 Å². The van der Waals surface area contributed by atoms with Gasteiger partial charge in [-0.15, -0.1) is 0 Å². The van der Waals surface area contributed by atoms with Crippen molar-refractivity contribution in [1.29, 1.82) is 0 Å². The summed E-state index contributed by atoms with van der Waals surface area (Å²) >= 11 is 0. The molecule has 1 unspecified atom stereocenters. The molecule has 0 N–H and O–H groups in total. The highest BCUT2D eigenvalue weighted by atomic mass is 14.3. The minimum Gasteiger partial charge on any atom is -0.0885 e. The van der Waals surface area contributed by atoms with E-state index in [1.54, 1.807) is 11.1 Å². The molecule has 1 fully saturated rings. The lowest BCUT2D eigenvalue weighted by Gasteiger charge is -2.13. The van der Waals surface area contributed by atoms with Gasteiger partial charge in [0.15, 0.2) is 0 Å². The lowest BCUT2D eigenvalue weighted by molar-refractivity contribution is 0.480. The third kappa shape index (κ3) is 7.03. The first-order valence-corrected chi connectivity index (χ1v) is 7.93. The van der Waals surface area contributed by atoms with Gasteiger partial charge in [-0.25, -0.2) is 0 Å². The average Bonchev–Trinajstić information content (AvgIpc) is 3.13. The van der Waals surface area contributed by atoms with Crippen molar-refractivity contribution in [2.45, 2.75) is 79.1 Å². The first-order valence-electron chi connectivity index (χ1n) is 7.93. The molecule has 1 saturated carbocycles.